The maximum atomic E-state index is 12.7. The van der Waals surface area contributed by atoms with Crippen LogP contribution in [0.3, 0.4) is 0 Å². The minimum Gasteiger partial charge on any atom is -0.497 e. The molecule has 7 rings (SSSR count). The third kappa shape index (κ3) is 3.79. The van der Waals surface area contributed by atoms with E-state index in [1.54, 1.807) is 31.4 Å². The summed E-state index contributed by atoms with van der Waals surface area (Å²) in [5.74, 6) is 2.80. The van der Waals surface area contributed by atoms with Gasteiger partial charge in [-0.2, -0.15) is 0 Å². The van der Waals surface area contributed by atoms with Gasteiger partial charge in [-0.1, -0.05) is 12.1 Å². The fourth-order valence-corrected chi connectivity index (χ4v) is 7.13. The van der Waals surface area contributed by atoms with Crippen molar-refractivity contribution in [1.29, 1.82) is 0 Å². The third-order valence-corrected chi connectivity index (χ3v) is 8.31. The van der Waals surface area contributed by atoms with E-state index in [1.165, 1.54) is 50.3 Å². The second-order valence-corrected chi connectivity index (χ2v) is 10.5. The molecule has 0 spiro atoms. The number of nitrogens with one attached hydrogen (secondary N) is 1. The van der Waals surface area contributed by atoms with E-state index >= 15 is 0 Å². The highest BCUT2D eigenvalue weighted by Gasteiger charge is 2.51. The highest BCUT2D eigenvalue weighted by atomic mass is 16.5. The zero-order valence-electron chi connectivity index (χ0n) is 19.7. The van der Waals surface area contributed by atoms with Crippen molar-refractivity contribution >= 4 is 11.9 Å². The summed E-state index contributed by atoms with van der Waals surface area (Å²) in [5, 5.41) is 10.9. The van der Waals surface area contributed by atoms with Gasteiger partial charge in [-0.3, -0.25) is 14.8 Å². The summed E-state index contributed by atoms with van der Waals surface area (Å²) in [6, 6.07) is 14.9. The Bertz CT molecular complexity index is 1360. The Morgan fingerprint density at radius 2 is 1.57 bits per heavy atom. The molecule has 35 heavy (non-hydrogen) atoms. The molecule has 4 fully saturated rings. The van der Waals surface area contributed by atoms with E-state index < -0.39 is 17.1 Å². The number of hydrogen-bond donors (Lipinski definition) is 2. The average molecular weight is 472 g/mol. The first-order valence-corrected chi connectivity index (χ1v) is 12.3. The van der Waals surface area contributed by atoms with Gasteiger partial charge in [-0.15, -0.1) is 0 Å². The Labute approximate surface area is 203 Å². The summed E-state index contributed by atoms with van der Waals surface area (Å²) in [6.45, 7) is 0. The largest absolute Gasteiger partial charge is 0.497 e. The van der Waals surface area contributed by atoms with Crippen LogP contribution in [0.25, 0.3) is 5.69 Å². The molecule has 0 radical (unpaired) electrons. The third-order valence-electron chi connectivity index (χ3n) is 8.31. The molecule has 4 saturated carbocycles. The SMILES string of the molecule is COc1ccc(N=Cc2c(O)n(-c3ccc(C45CC6CC(CC(C6)C4)C5)cc3)c(=O)[nH]c2=O)cc1. The number of aromatic amines is 1. The quantitative estimate of drug-likeness (QED) is 0.537. The lowest BCUT2D eigenvalue weighted by Crippen LogP contribution is -2.48. The van der Waals surface area contributed by atoms with Crippen LogP contribution in [0.4, 0.5) is 5.69 Å². The van der Waals surface area contributed by atoms with Gasteiger partial charge < -0.3 is 9.84 Å². The van der Waals surface area contributed by atoms with Gasteiger partial charge in [0.25, 0.3) is 5.56 Å². The van der Waals surface area contributed by atoms with Crippen LogP contribution >= 0.6 is 0 Å². The number of benzene rings is 2. The van der Waals surface area contributed by atoms with Crippen LogP contribution < -0.4 is 16.0 Å². The molecule has 0 unspecified atom stereocenters. The first-order valence-electron chi connectivity index (χ1n) is 12.3. The summed E-state index contributed by atoms with van der Waals surface area (Å²) in [5.41, 5.74) is 1.23. The molecule has 4 bridgehead atoms. The molecule has 0 aliphatic heterocycles. The lowest BCUT2D eigenvalue weighted by Gasteiger charge is -2.57. The summed E-state index contributed by atoms with van der Waals surface area (Å²) in [7, 11) is 1.58. The van der Waals surface area contributed by atoms with Gasteiger partial charge >= 0.3 is 5.69 Å². The van der Waals surface area contributed by atoms with Crippen LogP contribution in [0.5, 0.6) is 11.6 Å². The van der Waals surface area contributed by atoms with Crippen LogP contribution in [0.1, 0.15) is 49.7 Å². The van der Waals surface area contributed by atoms with E-state index in [-0.39, 0.29) is 11.0 Å². The Morgan fingerprint density at radius 1 is 0.971 bits per heavy atom. The topological polar surface area (TPSA) is 96.7 Å². The predicted molar refractivity (Wildman–Crippen MR) is 134 cm³/mol. The van der Waals surface area contributed by atoms with Crippen LogP contribution in [-0.2, 0) is 5.41 Å². The van der Waals surface area contributed by atoms with Crippen molar-refractivity contribution in [3.63, 3.8) is 0 Å². The Morgan fingerprint density at radius 3 is 2.14 bits per heavy atom. The predicted octanol–water partition coefficient (Wildman–Crippen LogP) is 4.46. The molecule has 180 valence electrons. The number of aromatic nitrogens is 2. The lowest BCUT2D eigenvalue weighted by molar-refractivity contribution is -0.00518. The maximum absolute atomic E-state index is 12.7. The van der Waals surface area contributed by atoms with Gasteiger partial charge in [-0.05, 0) is 104 Å². The molecule has 0 saturated heterocycles. The van der Waals surface area contributed by atoms with Gasteiger partial charge in [0.2, 0.25) is 5.88 Å². The standard InChI is InChI=1S/C28H29N3O4/c1-35-23-8-4-21(5-9-23)29-16-24-25(32)30-27(34)31(26(24)33)22-6-2-20(3-7-22)28-13-17-10-18(14-28)12-19(11-17)15-28/h2-9,16-19,33H,10-15H2,1H3,(H,30,32,34). The van der Waals surface area contributed by atoms with Crippen molar-refractivity contribution < 1.29 is 9.84 Å². The van der Waals surface area contributed by atoms with Gasteiger partial charge in [-0.25, -0.2) is 9.36 Å². The summed E-state index contributed by atoms with van der Waals surface area (Å²) < 4.78 is 6.26. The van der Waals surface area contributed by atoms with E-state index in [9.17, 15) is 14.7 Å². The average Bonchev–Trinajstić information content (AvgIpc) is 2.83. The molecule has 0 amide bonds. The van der Waals surface area contributed by atoms with Crippen molar-refractivity contribution in [3.05, 3.63) is 80.5 Å². The molecule has 1 aromatic heterocycles. The molecule has 1 heterocycles. The van der Waals surface area contributed by atoms with E-state index in [0.717, 1.165) is 22.3 Å². The molecule has 2 N–H and O–H groups in total. The van der Waals surface area contributed by atoms with Crippen LogP contribution in [0.15, 0.2) is 63.1 Å². The maximum Gasteiger partial charge on any atom is 0.335 e. The first kappa shape index (κ1) is 21.9. The highest BCUT2D eigenvalue weighted by molar-refractivity contribution is 5.84. The molecule has 4 aliphatic rings. The molecule has 2 aromatic carbocycles. The monoisotopic (exact) mass is 471 g/mol. The minimum atomic E-state index is -0.689. The van der Waals surface area contributed by atoms with Crippen molar-refractivity contribution in [2.75, 3.05) is 7.11 Å². The number of aromatic hydroxyl groups is 1. The first-order chi connectivity index (χ1) is 16.9. The van der Waals surface area contributed by atoms with Gasteiger partial charge in [0, 0.05) is 6.21 Å². The normalized spacial score (nSPS) is 26.9. The van der Waals surface area contributed by atoms with Gasteiger partial charge in [0.05, 0.1) is 18.5 Å². The Kier molecular flexibility index (Phi) is 5.16. The smallest absolute Gasteiger partial charge is 0.335 e. The van der Waals surface area contributed by atoms with Crippen molar-refractivity contribution in [1.82, 2.24) is 9.55 Å². The Balaban J connectivity index is 1.32. The van der Waals surface area contributed by atoms with Crippen LogP contribution in [0.2, 0.25) is 0 Å². The van der Waals surface area contributed by atoms with Crippen molar-refractivity contribution in [2.45, 2.75) is 43.9 Å². The molecule has 7 nitrogen and oxygen atoms in total. The van der Waals surface area contributed by atoms with E-state index in [0.29, 0.717) is 17.1 Å². The van der Waals surface area contributed by atoms with Gasteiger partial charge in [0.15, 0.2) is 0 Å². The number of nitrogens with zero attached hydrogens (tertiary/aromatic N) is 2. The summed E-state index contributed by atoms with van der Waals surface area (Å²) >= 11 is 0. The van der Waals surface area contributed by atoms with Crippen LogP contribution in [-0.4, -0.2) is 28.0 Å². The number of methoxy groups -OCH3 is 1. The van der Waals surface area contributed by atoms with E-state index in [2.05, 4.69) is 22.1 Å². The number of hydrogen-bond acceptors (Lipinski definition) is 5. The summed E-state index contributed by atoms with van der Waals surface area (Å²) in [6.07, 6.45) is 9.21. The fraction of sp³-hybridized carbons (Fsp3) is 0.393. The zero-order valence-corrected chi connectivity index (χ0v) is 19.7. The van der Waals surface area contributed by atoms with E-state index in [4.69, 9.17) is 4.74 Å². The lowest BCUT2D eigenvalue weighted by atomic mass is 9.48. The fourth-order valence-electron chi connectivity index (χ4n) is 7.13. The van der Waals surface area contributed by atoms with Crippen molar-refractivity contribution in [3.8, 4) is 17.3 Å². The number of ether oxygens (including phenoxy) is 1. The molecule has 7 heteroatoms. The molecule has 3 aromatic rings. The Hall–Kier alpha value is -3.61. The van der Waals surface area contributed by atoms with Gasteiger partial charge in [0.1, 0.15) is 11.3 Å². The number of rotatable bonds is 5. The molecular weight excluding hydrogens is 442 g/mol. The minimum absolute atomic E-state index is 0.0782. The second-order valence-electron chi connectivity index (χ2n) is 10.5. The van der Waals surface area contributed by atoms with Crippen LogP contribution in [0, 0.1) is 17.8 Å². The summed E-state index contributed by atoms with van der Waals surface area (Å²) in [4.78, 5) is 31.7. The highest BCUT2D eigenvalue weighted by Crippen LogP contribution is 2.60. The molecule has 0 atom stereocenters. The van der Waals surface area contributed by atoms with Crippen molar-refractivity contribution in [2.24, 2.45) is 22.7 Å². The van der Waals surface area contributed by atoms with E-state index in [1.807, 2.05) is 12.1 Å². The molecular formula is C28H29N3O4. The number of H-pyrrole nitrogens is 1. The zero-order chi connectivity index (χ0) is 24.2. The number of aliphatic imine (C=N–C) groups is 1. The molecule has 4 aliphatic carbocycles. The second kappa shape index (κ2) is 8.26.